The summed E-state index contributed by atoms with van der Waals surface area (Å²) in [5.74, 6) is 0. The molecule has 0 unspecified atom stereocenters. The summed E-state index contributed by atoms with van der Waals surface area (Å²) in [5.41, 5.74) is 3.57. The molecule has 0 aliphatic heterocycles. The van der Waals surface area contributed by atoms with Crippen LogP contribution < -0.4 is 4.90 Å². The monoisotopic (exact) mass is 605 g/mol. The second-order valence-corrected chi connectivity index (χ2v) is 13.9. The van der Waals surface area contributed by atoms with Gasteiger partial charge in [0.05, 0.1) is 0 Å². The van der Waals surface area contributed by atoms with Crippen molar-refractivity contribution in [1.82, 2.24) is 0 Å². The molecule has 0 saturated heterocycles. The first-order chi connectivity index (χ1) is 20.3. The maximum absolute atomic E-state index is 2.43. The van der Waals surface area contributed by atoms with Crippen molar-refractivity contribution in [2.45, 2.75) is 0 Å². The number of hydrogen-bond acceptors (Lipinski definition) is 2. The number of rotatable bonds is 3. The third-order valence-electron chi connectivity index (χ3n) is 8.20. The number of fused-ring (bicyclic) bond motifs is 9. The molecule has 0 amide bonds. The van der Waals surface area contributed by atoms with Gasteiger partial charge in [-0.3, -0.25) is 0 Å². The summed E-state index contributed by atoms with van der Waals surface area (Å²) in [6.45, 7) is 0. The Balaban J connectivity index is 1.24. The Morgan fingerprint density at radius 1 is 0.415 bits per heavy atom. The first-order valence-electron chi connectivity index (χ1n) is 13.8. The van der Waals surface area contributed by atoms with Gasteiger partial charge in [0.15, 0.2) is 0 Å². The molecule has 192 valence electrons. The topological polar surface area (TPSA) is 3.24 Å². The van der Waals surface area contributed by atoms with Gasteiger partial charge in [-0.25, -0.2) is 0 Å². The van der Waals surface area contributed by atoms with Crippen LogP contribution >= 0.6 is 11.3 Å². The van der Waals surface area contributed by atoms with Gasteiger partial charge in [-0.05, 0) is 0 Å². The van der Waals surface area contributed by atoms with Crippen LogP contribution in [0.5, 0.6) is 0 Å². The van der Waals surface area contributed by atoms with Crippen LogP contribution in [0.2, 0.25) is 0 Å². The van der Waals surface area contributed by atoms with Crippen molar-refractivity contribution >= 4 is 104 Å². The van der Waals surface area contributed by atoms with Gasteiger partial charge in [0.2, 0.25) is 0 Å². The Labute approximate surface area is 247 Å². The van der Waals surface area contributed by atoms with E-state index < -0.39 is 0 Å². The van der Waals surface area contributed by atoms with E-state index in [9.17, 15) is 0 Å². The van der Waals surface area contributed by atoms with Crippen molar-refractivity contribution < 1.29 is 0 Å². The van der Waals surface area contributed by atoms with E-state index >= 15 is 0 Å². The van der Waals surface area contributed by atoms with Gasteiger partial charge < -0.3 is 0 Å². The van der Waals surface area contributed by atoms with Gasteiger partial charge in [-0.15, -0.1) is 0 Å². The second kappa shape index (κ2) is 9.06. The van der Waals surface area contributed by atoms with Gasteiger partial charge in [-0.2, -0.15) is 0 Å². The van der Waals surface area contributed by atoms with E-state index in [4.69, 9.17) is 0 Å². The van der Waals surface area contributed by atoms with E-state index in [0.717, 1.165) is 0 Å². The zero-order valence-electron chi connectivity index (χ0n) is 22.0. The van der Waals surface area contributed by atoms with Crippen molar-refractivity contribution in [2.75, 3.05) is 4.90 Å². The molecule has 0 N–H and O–H groups in total. The number of benzene rings is 7. The number of nitrogens with zero attached hydrogens (tertiary/aromatic N) is 1. The minimum atomic E-state index is 0.265. The zero-order chi connectivity index (χ0) is 26.9. The summed E-state index contributed by atoms with van der Waals surface area (Å²) in [7, 11) is 0. The molecule has 41 heavy (non-hydrogen) atoms. The number of para-hydroxylation sites is 1. The van der Waals surface area contributed by atoms with Crippen molar-refractivity contribution in [3.63, 3.8) is 0 Å². The summed E-state index contributed by atoms with van der Waals surface area (Å²) in [6.07, 6.45) is 0. The molecular formula is C38H23NSSe. The van der Waals surface area contributed by atoms with E-state index in [-0.39, 0.29) is 14.5 Å². The number of hydrogen-bond donors (Lipinski definition) is 0. The Hall–Kier alpha value is -4.40. The first kappa shape index (κ1) is 23.3. The molecule has 0 fully saturated rings. The van der Waals surface area contributed by atoms with Crippen LogP contribution in [-0.4, -0.2) is 14.5 Å². The summed E-state index contributed by atoms with van der Waals surface area (Å²) < 4.78 is 5.62. The van der Waals surface area contributed by atoms with Crippen molar-refractivity contribution in [3.8, 4) is 0 Å². The van der Waals surface area contributed by atoms with Crippen molar-refractivity contribution in [3.05, 3.63) is 140 Å². The normalized spacial score (nSPS) is 11.9. The molecule has 0 radical (unpaired) electrons. The fourth-order valence-electron chi connectivity index (χ4n) is 6.25. The van der Waals surface area contributed by atoms with Gasteiger partial charge in [0.1, 0.15) is 0 Å². The molecule has 1 nitrogen and oxygen atoms in total. The Morgan fingerprint density at radius 3 is 1.93 bits per heavy atom. The van der Waals surface area contributed by atoms with Gasteiger partial charge in [0, 0.05) is 0 Å². The Bertz CT molecular complexity index is 2430. The van der Waals surface area contributed by atoms with Crippen LogP contribution in [0.1, 0.15) is 0 Å². The third-order valence-corrected chi connectivity index (χ3v) is 11.8. The van der Waals surface area contributed by atoms with E-state index in [1.807, 2.05) is 11.3 Å². The molecule has 7 aromatic carbocycles. The predicted octanol–water partition coefficient (Wildman–Crippen LogP) is 11.2. The van der Waals surface area contributed by atoms with Gasteiger partial charge >= 0.3 is 236 Å². The molecule has 9 rings (SSSR count). The van der Waals surface area contributed by atoms with E-state index in [2.05, 4.69) is 144 Å². The molecule has 0 bridgehead atoms. The average Bonchev–Trinajstić information content (AvgIpc) is 3.58. The molecule has 0 atom stereocenters. The van der Waals surface area contributed by atoms with Crippen LogP contribution in [0.4, 0.5) is 17.1 Å². The van der Waals surface area contributed by atoms with Crippen LogP contribution in [0.15, 0.2) is 140 Å². The fourth-order valence-corrected chi connectivity index (χ4v) is 10.1. The number of thiophene rings is 1. The zero-order valence-corrected chi connectivity index (χ0v) is 24.6. The minimum absolute atomic E-state index is 0.265. The second-order valence-electron chi connectivity index (χ2n) is 10.6. The molecule has 0 aliphatic carbocycles. The average molecular weight is 605 g/mol. The summed E-state index contributed by atoms with van der Waals surface area (Å²) >= 11 is 2.15. The van der Waals surface area contributed by atoms with E-state index in [1.165, 1.54) is 78.1 Å². The summed E-state index contributed by atoms with van der Waals surface area (Å²) in [6, 6.07) is 51.6. The van der Waals surface area contributed by atoms with Crippen LogP contribution in [0.3, 0.4) is 0 Å². The molecule has 3 heteroatoms. The molecule has 0 spiro atoms. The molecule has 2 aromatic heterocycles. The van der Waals surface area contributed by atoms with Gasteiger partial charge in [-0.1, -0.05) is 12.1 Å². The van der Waals surface area contributed by atoms with Gasteiger partial charge in [0.25, 0.3) is 0 Å². The summed E-state index contributed by atoms with van der Waals surface area (Å²) in [4.78, 5) is 2.41. The third kappa shape index (κ3) is 3.67. The Kier molecular flexibility index (Phi) is 5.15. The summed E-state index contributed by atoms with van der Waals surface area (Å²) in [5, 5.41) is 10.8. The predicted molar refractivity (Wildman–Crippen MR) is 181 cm³/mol. The standard InChI is InChI=1S/C38H23NSSe/c1-2-11-27(12-3-1)39(28-15-18-31-34-20-25-9-4-5-10-26(25)21-35(34)40-36(31)22-28)29-16-19-32-33-17-14-24-8-6-7-13-30(24)38(33)41-37(32)23-29/h1-23H. The van der Waals surface area contributed by atoms with E-state index in [0.29, 0.717) is 0 Å². The molecule has 0 saturated carbocycles. The quantitative estimate of drug-likeness (QED) is 0.181. The SMILES string of the molecule is c1ccc(N(c2ccc3c(c2)sc2cc4ccccc4cc23)c2ccc3c(c2)[se]c2c4ccccc4ccc32)cc1. The fraction of sp³-hybridized carbons (Fsp3) is 0. The van der Waals surface area contributed by atoms with E-state index in [1.54, 1.807) is 0 Å². The van der Waals surface area contributed by atoms with Crippen LogP contribution in [0, 0.1) is 0 Å². The molecule has 9 aromatic rings. The van der Waals surface area contributed by atoms with Crippen molar-refractivity contribution in [2.24, 2.45) is 0 Å². The molecule has 0 aliphatic rings. The molecule has 2 heterocycles. The maximum atomic E-state index is 2.43. The number of anilines is 3. The van der Waals surface area contributed by atoms with Crippen LogP contribution in [0.25, 0.3) is 61.0 Å². The first-order valence-corrected chi connectivity index (χ1v) is 16.4. The van der Waals surface area contributed by atoms with Crippen molar-refractivity contribution in [1.29, 1.82) is 0 Å². The molecular weight excluding hydrogens is 581 g/mol. The van der Waals surface area contributed by atoms with Crippen LogP contribution in [-0.2, 0) is 0 Å². The Morgan fingerprint density at radius 2 is 1.07 bits per heavy atom.